The van der Waals surface area contributed by atoms with E-state index in [-0.39, 0.29) is 39.9 Å². The highest BCUT2D eigenvalue weighted by molar-refractivity contribution is 8.76. The minimum atomic E-state index is -1.21. The maximum Gasteiger partial charge on any atom is 0.342 e. The number of aromatic hydroxyl groups is 1. The van der Waals surface area contributed by atoms with Gasteiger partial charge in [-0.2, -0.15) is 0 Å². The first-order valence-corrected chi connectivity index (χ1v) is 24.1. The molecule has 2 saturated heterocycles. The summed E-state index contributed by atoms with van der Waals surface area (Å²) in [5.74, 6) is 1.24. The van der Waals surface area contributed by atoms with Gasteiger partial charge in [0.25, 0.3) is 0 Å². The van der Waals surface area contributed by atoms with Gasteiger partial charge in [-0.15, -0.1) is 0 Å². The van der Waals surface area contributed by atoms with E-state index in [0.29, 0.717) is 84.7 Å². The standard InChI is InChI=1S/C47H49N7O7S2/c1-23-12-34(55)40-35(58-23)17-36-41(42(40)56)39-29-6-5-27(15-26(29)18-50-3)47-37(61-47)7-4-24-13-32(53-38(48)14-24)30-16-28(20-54-19-25-8-10-51-33(25)21-54)52-44(49)31(30)22-63-62-11-9-46(2,60-36)43(39)59-45(47)57/h5-6,8,10,12-14,16-17,21,26-27,29,37,39,43,50,56H,4,7,9,11,15,18-20,22H2,1-3H3,(H2,48,53)(H2,49,52)/t26-,27+,29+,37-,39+,43-,46+,47-/m1/s1. The summed E-state index contributed by atoms with van der Waals surface area (Å²) in [6.45, 7) is 5.65. The predicted octanol–water partition coefficient (Wildman–Crippen LogP) is 6.34. The maximum atomic E-state index is 15.0. The Morgan fingerprint density at radius 1 is 1.10 bits per heavy atom. The third-order valence-electron chi connectivity index (χ3n) is 14.0. The van der Waals surface area contributed by atoms with Crippen molar-refractivity contribution in [1.29, 1.82) is 0 Å². The third kappa shape index (κ3) is 6.74. The zero-order valence-electron chi connectivity index (χ0n) is 35.3. The molecule has 8 aliphatic rings. The van der Waals surface area contributed by atoms with E-state index in [1.807, 2.05) is 32.3 Å². The number of epoxide rings is 1. The average Bonchev–Trinajstić information content (AvgIpc) is 3.58. The monoisotopic (exact) mass is 887 g/mol. The SMILES string of the molecule is CNC[C@H]1C[C@@H]2C=C[C@@H]1[C@H]1c3c(cc4oc(C)cc(=O)c4c3O)O[C@@]3(C)CCSSCc4c(cc(CN5C=C6N=CC=C6C5)nc4N)-c4cc(cc(N)n4)CC[C@H]4O[C@]24C(=O)O[C@H]13. The molecule has 0 radical (unpaired) electrons. The number of rotatable bonds is 4. The molecule has 0 amide bonds. The number of aromatic nitrogens is 2. The van der Waals surface area contributed by atoms with Crippen LogP contribution in [0.15, 0.2) is 80.2 Å². The number of carbonyl (C=O) groups excluding carboxylic acids is 1. The number of anilines is 2. The molecule has 1 aromatic carbocycles. The van der Waals surface area contributed by atoms with Crippen molar-refractivity contribution in [3.63, 3.8) is 0 Å². The van der Waals surface area contributed by atoms with Gasteiger partial charge < -0.3 is 45.4 Å². The second-order valence-corrected chi connectivity index (χ2v) is 20.7. The minimum absolute atomic E-state index is 0.0323. The molecule has 10 heterocycles. The molecular weight excluding hydrogens is 839 g/mol. The summed E-state index contributed by atoms with van der Waals surface area (Å²) in [6, 6.07) is 9.14. The number of nitrogens with two attached hydrogens (primary N) is 2. The molecule has 0 unspecified atom stereocenters. The first kappa shape index (κ1) is 40.5. The van der Waals surface area contributed by atoms with E-state index in [4.69, 9.17) is 40.1 Å². The summed E-state index contributed by atoms with van der Waals surface area (Å²) < 4.78 is 26.5. The molecule has 16 heteroatoms. The second kappa shape index (κ2) is 15.2. The van der Waals surface area contributed by atoms with Crippen LogP contribution < -0.4 is 26.9 Å². The molecule has 4 aromatic rings. The van der Waals surface area contributed by atoms with Crippen LogP contribution in [-0.4, -0.2) is 81.5 Å². The van der Waals surface area contributed by atoms with Gasteiger partial charge in [-0.3, -0.25) is 9.79 Å². The van der Waals surface area contributed by atoms with E-state index in [0.717, 1.165) is 34.6 Å². The Morgan fingerprint density at radius 2 is 1.97 bits per heavy atom. The average molecular weight is 888 g/mol. The second-order valence-electron chi connectivity index (χ2n) is 18.1. The number of phenolic OH excluding ortho intramolecular Hbond substituents is 1. The normalized spacial score (nSPS) is 30.4. The smallest absolute Gasteiger partial charge is 0.342 e. The van der Waals surface area contributed by atoms with Gasteiger partial charge >= 0.3 is 5.97 Å². The highest BCUT2D eigenvalue weighted by atomic mass is 33.1. The Morgan fingerprint density at radius 3 is 2.81 bits per heavy atom. The van der Waals surface area contributed by atoms with Crippen LogP contribution in [0.25, 0.3) is 22.2 Å². The Kier molecular flexibility index (Phi) is 9.75. The van der Waals surface area contributed by atoms with Crippen molar-refractivity contribution in [3.8, 4) is 22.8 Å². The van der Waals surface area contributed by atoms with Crippen molar-refractivity contribution in [2.24, 2.45) is 22.7 Å². The number of carbonyl (C=O) groups is 1. The van der Waals surface area contributed by atoms with E-state index in [9.17, 15) is 9.90 Å². The molecule has 0 saturated carbocycles. The lowest BCUT2D eigenvalue weighted by atomic mass is 9.64. The molecule has 1 aliphatic carbocycles. The van der Waals surface area contributed by atoms with Gasteiger partial charge in [0.15, 0.2) is 11.0 Å². The maximum absolute atomic E-state index is 15.0. The summed E-state index contributed by atoms with van der Waals surface area (Å²) in [5, 5.41) is 15.7. The van der Waals surface area contributed by atoms with Gasteiger partial charge in [0.2, 0.25) is 0 Å². The lowest BCUT2D eigenvalue weighted by molar-refractivity contribution is -0.174. The van der Waals surface area contributed by atoms with E-state index in [2.05, 4.69) is 45.7 Å². The number of hydrogen-bond acceptors (Lipinski definition) is 16. The number of pyridine rings is 2. The Hall–Kier alpha value is -5.29. The van der Waals surface area contributed by atoms with E-state index in [1.165, 1.54) is 11.6 Å². The molecule has 326 valence electrons. The number of esters is 1. The number of fused-ring (bicyclic) bond motifs is 8. The Labute approximate surface area is 372 Å². The fourth-order valence-electron chi connectivity index (χ4n) is 11.1. The molecule has 14 nitrogen and oxygen atoms in total. The molecule has 6 bridgehead atoms. The number of phenols is 1. The van der Waals surface area contributed by atoms with Crippen LogP contribution in [0, 0.1) is 24.7 Å². The van der Waals surface area contributed by atoms with Gasteiger partial charge in [-0.05, 0) is 88.4 Å². The molecule has 12 rings (SSSR count). The summed E-state index contributed by atoms with van der Waals surface area (Å²) in [4.78, 5) is 44.9. The van der Waals surface area contributed by atoms with Crippen LogP contribution in [0.2, 0.25) is 0 Å². The lowest BCUT2D eigenvalue weighted by Crippen LogP contribution is -2.56. The number of aryl methyl sites for hydroxylation is 2. The van der Waals surface area contributed by atoms with Gasteiger partial charge in [-0.25, -0.2) is 14.8 Å². The third-order valence-corrected chi connectivity index (χ3v) is 16.3. The van der Waals surface area contributed by atoms with E-state index < -0.39 is 35.3 Å². The van der Waals surface area contributed by atoms with Crippen molar-refractivity contribution in [1.82, 2.24) is 20.2 Å². The zero-order valence-corrected chi connectivity index (χ0v) is 36.9. The van der Waals surface area contributed by atoms with E-state index >= 15 is 4.79 Å². The van der Waals surface area contributed by atoms with Gasteiger partial charge in [-0.1, -0.05) is 33.7 Å². The number of ether oxygens (including phenoxy) is 3. The molecule has 1 spiro atoms. The van der Waals surface area contributed by atoms with Crippen LogP contribution in [0.5, 0.6) is 11.5 Å². The summed E-state index contributed by atoms with van der Waals surface area (Å²) >= 11 is 0. The first-order chi connectivity index (χ1) is 30.4. The number of aliphatic imine (C=N–C) groups is 1. The molecule has 63 heavy (non-hydrogen) atoms. The molecule has 2 fully saturated rings. The quantitative estimate of drug-likeness (QED) is 0.0764. The summed E-state index contributed by atoms with van der Waals surface area (Å²) in [5.41, 5.74) is 17.9. The Balaban J connectivity index is 1.01. The van der Waals surface area contributed by atoms with Crippen LogP contribution in [0.3, 0.4) is 0 Å². The van der Waals surface area contributed by atoms with Gasteiger partial charge in [0, 0.05) is 83.1 Å². The Bertz CT molecular complexity index is 2790. The predicted molar refractivity (Wildman–Crippen MR) is 244 cm³/mol. The summed E-state index contributed by atoms with van der Waals surface area (Å²) in [7, 11) is 5.25. The van der Waals surface area contributed by atoms with Crippen molar-refractivity contribution in [3.05, 3.63) is 104 Å². The lowest BCUT2D eigenvalue weighted by Gasteiger charge is -2.49. The summed E-state index contributed by atoms with van der Waals surface area (Å²) in [6.07, 6.45) is 11.2. The highest BCUT2D eigenvalue weighted by Crippen LogP contribution is 2.60. The largest absolute Gasteiger partial charge is 0.507 e. The van der Waals surface area contributed by atoms with Crippen LogP contribution >= 0.6 is 21.6 Å². The topological polar surface area (TPSA) is 204 Å². The highest BCUT2D eigenvalue weighted by Gasteiger charge is 2.70. The first-order valence-electron chi connectivity index (χ1n) is 21.6. The van der Waals surface area contributed by atoms with Crippen molar-refractivity contribution in [2.75, 3.05) is 37.4 Å². The molecule has 8 atom stereocenters. The van der Waals surface area contributed by atoms with Crippen molar-refractivity contribution >= 4 is 56.4 Å². The number of allylic oxidation sites excluding steroid dienone is 2. The van der Waals surface area contributed by atoms with E-state index in [1.54, 1.807) is 34.6 Å². The molecule has 7 aliphatic heterocycles. The zero-order chi connectivity index (χ0) is 43.4. The van der Waals surface area contributed by atoms with Crippen molar-refractivity contribution < 1.29 is 28.5 Å². The minimum Gasteiger partial charge on any atom is -0.507 e. The molecular formula is C47H49N7O7S2. The van der Waals surface area contributed by atoms with Crippen molar-refractivity contribution in [2.45, 2.75) is 81.2 Å². The van der Waals surface area contributed by atoms with Crippen LogP contribution in [0.1, 0.15) is 60.2 Å². The fourth-order valence-corrected chi connectivity index (χ4v) is 13.4. The molecule has 3 aromatic heterocycles. The number of nitrogen functional groups attached to an aromatic ring is 2. The number of nitrogens with one attached hydrogen (secondary N) is 1. The number of hydrogen-bond donors (Lipinski definition) is 4. The van der Waals surface area contributed by atoms with Gasteiger partial charge in [0.1, 0.15) is 51.6 Å². The van der Waals surface area contributed by atoms with Gasteiger partial charge in [0.05, 0.1) is 29.7 Å². The number of benzene rings is 1. The van der Waals surface area contributed by atoms with Crippen LogP contribution in [0.4, 0.5) is 11.6 Å². The number of nitrogens with zero attached hydrogens (tertiary/aromatic N) is 4. The van der Waals surface area contributed by atoms with Crippen LogP contribution in [-0.2, 0) is 33.0 Å². The fraction of sp³-hybridized carbons (Fsp3) is 0.426. The molecule has 6 N–H and O–H groups in total.